The molecular formula is C12H15NO2. The number of fused-ring (bicyclic) bond motifs is 1. The summed E-state index contributed by atoms with van der Waals surface area (Å²) in [4.78, 5) is 11.8. The van der Waals surface area contributed by atoms with E-state index < -0.39 is 5.41 Å². The molecule has 0 radical (unpaired) electrons. The Balaban J connectivity index is 2.53. The molecule has 3 heteroatoms. The second kappa shape index (κ2) is 3.35. The SMILES string of the molecule is COCc1cccc2c1NC(=O)C2(C)C. The van der Waals surface area contributed by atoms with Crippen molar-refractivity contribution in [2.75, 3.05) is 12.4 Å². The fourth-order valence-electron chi connectivity index (χ4n) is 1.94. The molecule has 0 fully saturated rings. The zero-order valence-corrected chi connectivity index (χ0v) is 9.26. The molecule has 1 N–H and O–H groups in total. The van der Waals surface area contributed by atoms with Gasteiger partial charge in [-0.05, 0) is 19.4 Å². The quantitative estimate of drug-likeness (QED) is 0.802. The molecule has 0 saturated carbocycles. The summed E-state index contributed by atoms with van der Waals surface area (Å²) >= 11 is 0. The molecule has 3 nitrogen and oxygen atoms in total. The molecule has 0 aliphatic carbocycles. The van der Waals surface area contributed by atoms with Crippen LogP contribution in [0.4, 0.5) is 5.69 Å². The monoisotopic (exact) mass is 205 g/mol. The van der Waals surface area contributed by atoms with Gasteiger partial charge in [-0.15, -0.1) is 0 Å². The third kappa shape index (κ3) is 1.43. The summed E-state index contributed by atoms with van der Waals surface area (Å²) < 4.78 is 5.11. The van der Waals surface area contributed by atoms with Gasteiger partial charge in [0.15, 0.2) is 0 Å². The largest absolute Gasteiger partial charge is 0.380 e. The van der Waals surface area contributed by atoms with Crippen LogP contribution in [0, 0.1) is 0 Å². The van der Waals surface area contributed by atoms with Crippen molar-refractivity contribution in [3.63, 3.8) is 0 Å². The Morgan fingerprint density at radius 1 is 1.40 bits per heavy atom. The van der Waals surface area contributed by atoms with Crippen LogP contribution in [0.3, 0.4) is 0 Å². The van der Waals surface area contributed by atoms with E-state index in [9.17, 15) is 4.79 Å². The maximum Gasteiger partial charge on any atom is 0.234 e. The predicted molar refractivity (Wildman–Crippen MR) is 58.8 cm³/mol. The van der Waals surface area contributed by atoms with E-state index in [4.69, 9.17) is 4.74 Å². The van der Waals surface area contributed by atoms with Gasteiger partial charge in [0.05, 0.1) is 17.7 Å². The van der Waals surface area contributed by atoms with Crippen molar-refractivity contribution in [1.82, 2.24) is 0 Å². The normalized spacial score (nSPS) is 17.4. The molecule has 1 heterocycles. The van der Waals surface area contributed by atoms with Gasteiger partial charge in [0.1, 0.15) is 0 Å². The van der Waals surface area contributed by atoms with Crippen LogP contribution < -0.4 is 5.32 Å². The Morgan fingerprint density at radius 3 is 2.80 bits per heavy atom. The van der Waals surface area contributed by atoms with Crippen molar-refractivity contribution in [2.45, 2.75) is 25.9 Å². The van der Waals surface area contributed by atoms with Crippen molar-refractivity contribution >= 4 is 11.6 Å². The lowest BCUT2D eigenvalue weighted by atomic mass is 9.85. The zero-order valence-electron chi connectivity index (χ0n) is 9.26. The van der Waals surface area contributed by atoms with E-state index in [1.165, 1.54) is 0 Å². The van der Waals surface area contributed by atoms with Crippen molar-refractivity contribution in [3.05, 3.63) is 29.3 Å². The van der Waals surface area contributed by atoms with E-state index in [1.807, 2.05) is 32.0 Å². The number of para-hydroxylation sites is 1. The van der Waals surface area contributed by atoms with Crippen LogP contribution >= 0.6 is 0 Å². The Labute approximate surface area is 89.4 Å². The van der Waals surface area contributed by atoms with E-state index in [1.54, 1.807) is 7.11 Å². The highest BCUT2D eigenvalue weighted by Gasteiger charge is 2.39. The molecular weight excluding hydrogens is 190 g/mol. The van der Waals surface area contributed by atoms with Gasteiger partial charge in [-0.3, -0.25) is 4.79 Å². The third-order valence-corrected chi connectivity index (χ3v) is 2.93. The molecule has 0 saturated heterocycles. The van der Waals surface area contributed by atoms with Crippen molar-refractivity contribution in [3.8, 4) is 0 Å². The number of anilines is 1. The lowest BCUT2D eigenvalue weighted by Crippen LogP contribution is -2.26. The molecule has 1 aromatic carbocycles. The number of nitrogens with one attached hydrogen (secondary N) is 1. The zero-order chi connectivity index (χ0) is 11.1. The molecule has 0 aromatic heterocycles. The molecule has 0 atom stereocenters. The maximum absolute atomic E-state index is 11.8. The molecule has 80 valence electrons. The maximum atomic E-state index is 11.8. The minimum absolute atomic E-state index is 0.0565. The van der Waals surface area contributed by atoms with Crippen molar-refractivity contribution in [2.24, 2.45) is 0 Å². The topological polar surface area (TPSA) is 38.3 Å². The van der Waals surface area contributed by atoms with Gasteiger partial charge >= 0.3 is 0 Å². The van der Waals surface area contributed by atoms with Crippen LogP contribution in [0.15, 0.2) is 18.2 Å². The molecule has 1 aliphatic heterocycles. The Hall–Kier alpha value is -1.35. The Kier molecular flexibility index (Phi) is 2.27. The lowest BCUT2D eigenvalue weighted by molar-refractivity contribution is -0.119. The Bertz CT molecular complexity index is 410. The standard InChI is InChI=1S/C12H15NO2/c1-12(2)9-6-4-5-8(7-15-3)10(9)13-11(12)14/h4-6H,7H2,1-3H3,(H,13,14). The van der Waals surface area contributed by atoms with Crippen molar-refractivity contribution < 1.29 is 9.53 Å². The highest BCUT2D eigenvalue weighted by atomic mass is 16.5. The first-order valence-electron chi connectivity index (χ1n) is 5.00. The van der Waals surface area contributed by atoms with Crippen LogP contribution in [0.25, 0.3) is 0 Å². The average Bonchev–Trinajstić information content (AvgIpc) is 2.41. The van der Waals surface area contributed by atoms with Gasteiger partial charge in [0, 0.05) is 12.7 Å². The molecule has 0 spiro atoms. The number of rotatable bonds is 2. The number of hydrogen-bond donors (Lipinski definition) is 1. The fourth-order valence-corrected chi connectivity index (χ4v) is 1.94. The fraction of sp³-hybridized carbons (Fsp3) is 0.417. The summed E-state index contributed by atoms with van der Waals surface area (Å²) in [5.74, 6) is 0.0565. The van der Waals surface area contributed by atoms with E-state index >= 15 is 0 Å². The first-order valence-corrected chi connectivity index (χ1v) is 5.00. The predicted octanol–water partition coefficient (Wildman–Crippen LogP) is 2.06. The van der Waals surface area contributed by atoms with Gasteiger partial charge in [0.25, 0.3) is 0 Å². The minimum Gasteiger partial charge on any atom is -0.380 e. The third-order valence-electron chi connectivity index (χ3n) is 2.93. The second-order valence-corrected chi connectivity index (χ2v) is 4.35. The lowest BCUT2D eigenvalue weighted by Gasteiger charge is -2.15. The number of ether oxygens (including phenoxy) is 1. The molecule has 0 bridgehead atoms. The minimum atomic E-state index is -0.431. The van der Waals surface area contributed by atoms with Crippen LogP contribution in [0.1, 0.15) is 25.0 Å². The van der Waals surface area contributed by atoms with Gasteiger partial charge in [-0.1, -0.05) is 18.2 Å². The van der Waals surface area contributed by atoms with Gasteiger partial charge in [-0.25, -0.2) is 0 Å². The molecule has 1 amide bonds. The van der Waals surface area contributed by atoms with Gasteiger partial charge in [0.2, 0.25) is 5.91 Å². The number of carbonyl (C=O) groups excluding carboxylic acids is 1. The highest BCUT2D eigenvalue weighted by Crippen LogP contribution is 2.39. The summed E-state index contributed by atoms with van der Waals surface area (Å²) in [6.07, 6.45) is 0. The summed E-state index contributed by atoms with van der Waals surface area (Å²) in [5, 5.41) is 2.92. The van der Waals surface area contributed by atoms with E-state index in [2.05, 4.69) is 5.32 Å². The molecule has 1 aliphatic rings. The number of carbonyl (C=O) groups is 1. The number of hydrogen-bond acceptors (Lipinski definition) is 2. The summed E-state index contributed by atoms with van der Waals surface area (Å²) in [6.45, 7) is 4.40. The van der Waals surface area contributed by atoms with Crippen LogP contribution in [0.2, 0.25) is 0 Å². The van der Waals surface area contributed by atoms with E-state index in [0.717, 1.165) is 16.8 Å². The molecule has 1 aromatic rings. The van der Waals surface area contributed by atoms with Gasteiger partial charge < -0.3 is 10.1 Å². The highest BCUT2D eigenvalue weighted by molar-refractivity contribution is 6.06. The summed E-state index contributed by atoms with van der Waals surface area (Å²) in [6, 6.07) is 5.94. The number of amides is 1. The Morgan fingerprint density at radius 2 is 2.13 bits per heavy atom. The van der Waals surface area contributed by atoms with Gasteiger partial charge in [-0.2, -0.15) is 0 Å². The second-order valence-electron chi connectivity index (χ2n) is 4.35. The van der Waals surface area contributed by atoms with Crippen LogP contribution in [0.5, 0.6) is 0 Å². The molecule has 2 rings (SSSR count). The summed E-state index contributed by atoms with van der Waals surface area (Å²) in [5.41, 5.74) is 2.59. The average molecular weight is 205 g/mol. The smallest absolute Gasteiger partial charge is 0.234 e. The summed E-state index contributed by atoms with van der Waals surface area (Å²) in [7, 11) is 1.65. The number of methoxy groups -OCH3 is 1. The molecule has 15 heavy (non-hydrogen) atoms. The van der Waals surface area contributed by atoms with Crippen LogP contribution in [-0.4, -0.2) is 13.0 Å². The van der Waals surface area contributed by atoms with Crippen LogP contribution in [-0.2, 0) is 21.6 Å². The van der Waals surface area contributed by atoms with E-state index in [0.29, 0.717) is 6.61 Å². The first kappa shape index (κ1) is 10.2. The van der Waals surface area contributed by atoms with Crippen molar-refractivity contribution in [1.29, 1.82) is 0 Å². The first-order chi connectivity index (χ1) is 7.07. The number of benzene rings is 1. The van der Waals surface area contributed by atoms with E-state index in [-0.39, 0.29) is 5.91 Å². The molecule has 0 unspecified atom stereocenters.